The molecule has 0 saturated heterocycles. The van der Waals surface area contributed by atoms with Gasteiger partial charge in [-0.25, -0.2) is 4.98 Å². The lowest BCUT2D eigenvalue weighted by molar-refractivity contribution is 0.481. The van der Waals surface area contributed by atoms with Crippen molar-refractivity contribution in [3.63, 3.8) is 0 Å². The van der Waals surface area contributed by atoms with E-state index in [4.69, 9.17) is 22.6 Å². The molecule has 4 nitrogen and oxygen atoms in total. The fourth-order valence-corrected chi connectivity index (χ4v) is 1.35. The summed E-state index contributed by atoms with van der Waals surface area (Å²) in [4.78, 5) is 3.90. The first-order valence-electron chi connectivity index (χ1n) is 4.95. The highest BCUT2D eigenvalue weighted by Gasteiger charge is 2.06. The molecule has 0 spiro atoms. The van der Waals surface area contributed by atoms with Crippen molar-refractivity contribution in [2.75, 3.05) is 11.5 Å². The minimum absolute atomic E-state index is 0.278. The van der Waals surface area contributed by atoms with Gasteiger partial charge >= 0.3 is 0 Å². The zero-order valence-electron chi connectivity index (χ0n) is 9.05. The molecule has 4 N–H and O–H groups in total. The van der Waals surface area contributed by atoms with Crippen molar-refractivity contribution >= 4 is 11.5 Å². The molecule has 17 heavy (non-hydrogen) atoms. The van der Waals surface area contributed by atoms with E-state index in [0.717, 1.165) is 0 Å². The highest BCUT2D eigenvalue weighted by Crippen LogP contribution is 2.27. The zero-order chi connectivity index (χ0) is 12.3. The van der Waals surface area contributed by atoms with Crippen molar-refractivity contribution in [1.29, 1.82) is 0 Å². The fourth-order valence-electron chi connectivity index (χ4n) is 1.35. The predicted octanol–water partition coefficient (Wildman–Crippen LogP) is 2.02. The quantitative estimate of drug-likeness (QED) is 0.605. The summed E-state index contributed by atoms with van der Waals surface area (Å²) in [6.45, 7) is 0. The fraction of sp³-hybridized carbons (Fsp3) is 0. The molecule has 0 aliphatic heterocycles. The van der Waals surface area contributed by atoms with E-state index in [0.29, 0.717) is 22.7 Å². The van der Waals surface area contributed by atoms with Gasteiger partial charge in [0.25, 0.3) is 0 Å². The topological polar surface area (TPSA) is 74.2 Å². The van der Waals surface area contributed by atoms with Gasteiger partial charge in [-0.2, -0.15) is 0 Å². The Bertz CT molecular complexity index is 570. The normalized spacial score (nSPS) is 9.59. The van der Waals surface area contributed by atoms with Crippen LogP contribution in [0.2, 0.25) is 0 Å². The van der Waals surface area contributed by atoms with E-state index in [1.165, 1.54) is 0 Å². The van der Waals surface area contributed by atoms with Crippen molar-refractivity contribution < 1.29 is 4.74 Å². The van der Waals surface area contributed by atoms with E-state index >= 15 is 0 Å². The summed E-state index contributed by atoms with van der Waals surface area (Å²) in [5.41, 5.74) is 12.4. The molecule has 0 unspecified atom stereocenters. The standard InChI is InChI=1S/C13H11N3O/c1-2-11-12(7-8-16-13(11)15)17-10-5-3-9(14)4-6-10/h1,3-8H,14H2,(H2,15,16). The van der Waals surface area contributed by atoms with Gasteiger partial charge in [0, 0.05) is 18.0 Å². The molecule has 2 rings (SSSR count). The van der Waals surface area contributed by atoms with Crippen molar-refractivity contribution in [1.82, 2.24) is 4.98 Å². The third kappa shape index (κ3) is 2.29. The van der Waals surface area contributed by atoms with Gasteiger partial charge in [0.15, 0.2) is 0 Å². The van der Waals surface area contributed by atoms with Gasteiger partial charge in [-0.05, 0) is 24.3 Å². The number of anilines is 2. The molecule has 1 heterocycles. The Labute approximate surface area is 99.2 Å². The monoisotopic (exact) mass is 225 g/mol. The maximum atomic E-state index is 5.66. The summed E-state index contributed by atoms with van der Waals surface area (Å²) < 4.78 is 5.62. The third-order valence-corrected chi connectivity index (χ3v) is 2.19. The van der Waals surface area contributed by atoms with Gasteiger partial charge in [-0.3, -0.25) is 0 Å². The van der Waals surface area contributed by atoms with Crippen molar-refractivity contribution in [3.05, 3.63) is 42.1 Å². The van der Waals surface area contributed by atoms with Crippen LogP contribution < -0.4 is 16.2 Å². The van der Waals surface area contributed by atoms with Crippen LogP contribution in [0, 0.1) is 12.3 Å². The Balaban J connectivity index is 2.34. The van der Waals surface area contributed by atoms with Crippen molar-refractivity contribution in [3.8, 4) is 23.8 Å². The number of ether oxygens (including phenoxy) is 1. The molecule has 84 valence electrons. The number of rotatable bonds is 2. The Hall–Kier alpha value is -2.67. The van der Waals surface area contributed by atoms with E-state index in [1.54, 1.807) is 36.5 Å². The summed E-state index contributed by atoms with van der Waals surface area (Å²) in [6.07, 6.45) is 6.90. The number of hydrogen-bond acceptors (Lipinski definition) is 4. The maximum absolute atomic E-state index is 5.66. The number of nitrogens with two attached hydrogens (primary N) is 2. The molecule has 2 aromatic rings. The third-order valence-electron chi connectivity index (χ3n) is 2.19. The maximum Gasteiger partial charge on any atom is 0.148 e. The first kappa shape index (κ1) is 10.8. The van der Waals surface area contributed by atoms with E-state index < -0.39 is 0 Å². The van der Waals surface area contributed by atoms with Crippen LogP contribution in [0.5, 0.6) is 11.5 Å². The molecule has 1 aromatic heterocycles. The summed E-state index contributed by atoms with van der Waals surface area (Å²) in [5, 5.41) is 0. The number of hydrogen-bond donors (Lipinski definition) is 2. The van der Waals surface area contributed by atoms with Gasteiger partial charge in [0.1, 0.15) is 22.9 Å². The van der Waals surface area contributed by atoms with E-state index in [9.17, 15) is 0 Å². The second-order valence-electron chi connectivity index (χ2n) is 3.38. The number of pyridine rings is 1. The smallest absolute Gasteiger partial charge is 0.148 e. The molecule has 0 radical (unpaired) electrons. The van der Waals surface area contributed by atoms with E-state index in [1.807, 2.05) is 0 Å². The first-order valence-corrected chi connectivity index (χ1v) is 4.95. The van der Waals surface area contributed by atoms with Gasteiger partial charge < -0.3 is 16.2 Å². The second-order valence-corrected chi connectivity index (χ2v) is 3.38. The number of terminal acetylenes is 1. The average molecular weight is 225 g/mol. The van der Waals surface area contributed by atoms with Crippen LogP contribution in [0.3, 0.4) is 0 Å². The van der Waals surface area contributed by atoms with Crippen molar-refractivity contribution in [2.45, 2.75) is 0 Å². The van der Waals surface area contributed by atoms with E-state index in [2.05, 4.69) is 10.9 Å². The van der Waals surface area contributed by atoms with Crippen LogP contribution in [0.4, 0.5) is 11.5 Å². The minimum atomic E-state index is 0.278. The lowest BCUT2D eigenvalue weighted by Gasteiger charge is -2.08. The van der Waals surface area contributed by atoms with Gasteiger partial charge in [-0.15, -0.1) is 6.42 Å². The highest BCUT2D eigenvalue weighted by molar-refractivity contribution is 5.58. The van der Waals surface area contributed by atoms with E-state index in [-0.39, 0.29) is 5.82 Å². The number of nitrogens with zero attached hydrogens (tertiary/aromatic N) is 1. The molecule has 1 aromatic carbocycles. The van der Waals surface area contributed by atoms with Gasteiger partial charge in [0.2, 0.25) is 0 Å². The molecule has 0 fully saturated rings. The highest BCUT2D eigenvalue weighted by atomic mass is 16.5. The molecule has 0 saturated carbocycles. The average Bonchev–Trinajstić information content (AvgIpc) is 2.32. The first-order chi connectivity index (χ1) is 8.20. The van der Waals surface area contributed by atoms with Crippen LogP contribution in [-0.4, -0.2) is 4.98 Å². The minimum Gasteiger partial charge on any atom is -0.456 e. The number of benzene rings is 1. The van der Waals surface area contributed by atoms with Crippen molar-refractivity contribution in [2.24, 2.45) is 0 Å². The summed E-state index contributed by atoms with van der Waals surface area (Å²) >= 11 is 0. The summed E-state index contributed by atoms with van der Waals surface area (Å²) in [7, 11) is 0. The zero-order valence-corrected chi connectivity index (χ0v) is 9.05. The Kier molecular flexibility index (Phi) is 2.84. The number of nitrogen functional groups attached to an aromatic ring is 2. The van der Waals surface area contributed by atoms with Gasteiger partial charge in [-0.1, -0.05) is 5.92 Å². The molecule has 0 amide bonds. The molecule has 0 bridgehead atoms. The Morgan fingerprint density at radius 3 is 2.47 bits per heavy atom. The number of aromatic nitrogens is 1. The van der Waals surface area contributed by atoms with Crippen LogP contribution in [0.25, 0.3) is 0 Å². The predicted molar refractivity (Wildman–Crippen MR) is 67.5 cm³/mol. The second kappa shape index (κ2) is 4.45. The molecule has 0 atom stereocenters. The molecular formula is C13H11N3O. The Morgan fingerprint density at radius 1 is 1.12 bits per heavy atom. The molecular weight excluding hydrogens is 214 g/mol. The molecule has 0 aliphatic rings. The summed E-state index contributed by atoms with van der Waals surface area (Å²) in [6, 6.07) is 8.67. The van der Waals surface area contributed by atoms with Crippen LogP contribution in [0.1, 0.15) is 5.56 Å². The van der Waals surface area contributed by atoms with Crippen LogP contribution in [-0.2, 0) is 0 Å². The van der Waals surface area contributed by atoms with Crippen LogP contribution in [0.15, 0.2) is 36.5 Å². The lowest BCUT2D eigenvalue weighted by atomic mass is 10.2. The van der Waals surface area contributed by atoms with Gasteiger partial charge in [0.05, 0.1) is 0 Å². The largest absolute Gasteiger partial charge is 0.456 e. The lowest BCUT2D eigenvalue weighted by Crippen LogP contribution is -1.97. The molecule has 4 heteroatoms. The SMILES string of the molecule is C#Cc1c(Oc2ccc(N)cc2)ccnc1N. The van der Waals surface area contributed by atoms with Crippen LogP contribution >= 0.6 is 0 Å². The molecule has 0 aliphatic carbocycles. The summed E-state index contributed by atoms with van der Waals surface area (Å²) in [5.74, 6) is 3.88. The Morgan fingerprint density at radius 2 is 1.82 bits per heavy atom.